The van der Waals surface area contributed by atoms with Gasteiger partial charge in [0.25, 0.3) is 0 Å². The normalized spacial score (nSPS) is 18.2. The number of phosphoric ester groups is 2. The van der Waals surface area contributed by atoms with Crippen LogP contribution in [0.4, 0.5) is 0 Å². The smallest absolute Gasteiger partial charge is 0.302 e. The Morgan fingerprint density at radius 2 is 1.48 bits per heavy atom. The molecule has 8 nitrogen and oxygen atoms in total. The van der Waals surface area contributed by atoms with Crippen molar-refractivity contribution in [3.8, 4) is 0 Å². The lowest BCUT2D eigenvalue weighted by atomic mass is 10.2. The van der Waals surface area contributed by atoms with Crippen LogP contribution in [0, 0.1) is 0 Å². The molecule has 2 atom stereocenters. The molecule has 0 aliphatic heterocycles. The van der Waals surface area contributed by atoms with Crippen LogP contribution in [0.5, 0.6) is 0 Å². The molecule has 0 rings (SSSR count). The van der Waals surface area contributed by atoms with Gasteiger partial charge in [0, 0.05) is 5.75 Å². The van der Waals surface area contributed by atoms with Gasteiger partial charge in [0.1, 0.15) is 5.94 Å². The molecule has 0 radical (unpaired) electrons. The van der Waals surface area contributed by atoms with Crippen LogP contribution in [0.3, 0.4) is 0 Å². The highest BCUT2D eigenvalue weighted by molar-refractivity contribution is 8.76. The first-order valence-corrected chi connectivity index (χ1v) is 11.5. The second-order valence-electron chi connectivity index (χ2n) is 4.58. The highest BCUT2D eigenvalue weighted by Gasteiger charge is 2.29. The van der Waals surface area contributed by atoms with E-state index in [1.807, 2.05) is 6.92 Å². The molecule has 128 valence electrons. The minimum absolute atomic E-state index is 0.00122. The fourth-order valence-corrected chi connectivity index (χ4v) is 4.38. The number of hydrogen-bond donors (Lipinski definition) is 2. The molecule has 2 unspecified atom stereocenters. The first-order chi connectivity index (χ1) is 9.47. The lowest BCUT2D eigenvalue weighted by Crippen LogP contribution is -2.18. The van der Waals surface area contributed by atoms with Crippen LogP contribution in [0.1, 0.15) is 27.7 Å². The van der Waals surface area contributed by atoms with Crippen molar-refractivity contribution in [1.82, 2.24) is 0 Å². The molecule has 2 N–H and O–H groups in total. The monoisotopic (exact) mass is 384 g/mol. The van der Waals surface area contributed by atoms with Crippen molar-refractivity contribution < 1.29 is 37.0 Å². The fourth-order valence-electron chi connectivity index (χ4n) is 0.920. The molecular formula is C9H22O8P2S2. The lowest BCUT2D eigenvalue weighted by molar-refractivity contribution is 0.0521. The third-order valence-corrected chi connectivity index (χ3v) is 5.99. The molecule has 0 bridgehead atoms. The zero-order chi connectivity index (χ0) is 16.6. The highest BCUT2D eigenvalue weighted by Crippen LogP contribution is 2.48. The first-order valence-electron chi connectivity index (χ1n) is 6.02. The number of rotatable bonds is 11. The van der Waals surface area contributed by atoms with E-state index in [2.05, 4.69) is 13.6 Å². The van der Waals surface area contributed by atoms with Gasteiger partial charge in [-0.3, -0.25) is 18.1 Å². The quantitative estimate of drug-likeness (QED) is 0.238. The van der Waals surface area contributed by atoms with Crippen LogP contribution in [0.15, 0.2) is 0 Å². The van der Waals surface area contributed by atoms with Crippen molar-refractivity contribution in [2.75, 3.05) is 24.9 Å². The van der Waals surface area contributed by atoms with E-state index in [1.165, 1.54) is 21.6 Å². The number of phosphoric acid groups is 2. The minimum atomic E-state index is -4.23. The van der Waals surface area contributed by atoms with E-state index in [0.29, 0.717) is 0 Å². The highest BCUT2D eigenvalue weighted by atomic mass is 33.1. The van der Waals surface area contributed by atoms with E-state index in [9.17, 15) is 18.9 Å². The van der Waals surface area contributed by atoms with Gasteiger partial charge in [-0.25, -0.2) is 9.13 Å². The molecule has 12 heteroatoms. The SMILES string of the molecule is CCSSCOP(=O)(O)OCCOP(=O)(O)OC(C)(C)C. The molecule has 0 amide bonds. The predicted molar refractivity (Wildman–Crippen MR) is 84.1 cm³/mol. The summed E-state index contributed by atoms with van der Waals surface area (Å²) in [6.45, 7) is 5.97. The van der Waals surface area contributed by atoms with Gasteiger partial charge in [-0.1, -0.05) is 28.5 Å². The summed E-state index contributed by atoms with van der Waals surface area (Å²) in [5, 5.41) is 0. The third-order valence-electron chi connectivity index (χ3n) is 1.45. The van der Waals surface area contributed by atoms with E-state index >= 15 is 0 Å². The van der Waals surface area contributed by atoms with Gasteiger partial charge >= 0.3 is 15.6 Å². The van der Waals surface area contributed by atoms with Crippen LogP contribution in [0.2, 0.25) is 0 Å². The van der Waals surface area contributed by atoms with Gasteiger partial charge in [-0.15, -0.1) is 0 Å². The Labute approximate surface area is 132 Å². The Morgan fingerprint density at radius 1 is 0.952 bits per heavy atom. The Morgan fingerprint density at radius 3 is 1.95 bits per heavy atom. The molecule has 0 aromatic heterocycles. The molecule has 0 fully saturated rings. The Hall–Kier alpha value is 0.920. The maximum atomic E-state index is 11.5. The van der Waals surface area contributed by atoms with Crippen LogP contribution in [0.25, 0.3) is 0 Å². The zero-order valence-corrected chi connectivity index (χ0v) is 15.8. The standard InChI is InChI=1S/C9H22O8P2S2/c1-5-20-21-8-16-18(10,11)14-6-7-15-19(12,13)17-9(2,3)4/h5-8H2,1-4H3,(H,10,11)(H,12,13). The van der Waals surface area contributed by atoms with E-state index < -0.39 is 21.2 Å². The van der Waals surface area contributed by atoms with E-state index in [0.717, 1.165) is 5.75 Å². The van der Waals surface area contributed by atoms with Gasteiger partial charge < -0.3 is 9.79 Å². The second kappa shape index (κ2) is 9.93. The molecule has 0 heterocycles. The summed E-state index contributed by atoms with van der Waals surface area (Å²) in [5.74, 6) is 0.844. The molecule has 0 aromatic carbocycles. The van der Waals surface area contributed by atoms with E-state index in [-0.39, 0.29) is 19.2 Å². The van der Waals surface area contributed by atoms with Crippen molar-refractivity contribution in [1.29, 1.82) is 0 Å². The van der Waals surface area contributed by atoms with Crippen LogP contribution in [-0.4, -0.2) is 40.3 Å². The van der Waals surface area contributed by atoms with Crippen molar-refractivity contribution in [3.05, 3.63) is 0 Å². The fraction of sp³-hybridized carbons (Fsp3) is 1.00. The molecule has 0 aliphatic carbocycles. The molecule has 0 aromatic rings. The molecule has 0 aliphatic rings. The maximum Gasteiger partial charge on any atom is 0.473 e. The zero-order valence-electron chi connectivity index (χ0n) is 12.4. The molecular weight excluding hydrogens is 362 g/mol. The van der Waals surface area contributed by atoms with Crippen LogP contribution < -0.4 is 0 Å². The van der Waals surface area contributed by atoms with Gasteiger partial charge in [0.15, 0.2) is 0 Å². The third kappa shape index (κ3) is 14.3. The summed E-state index contributed by atoms with van der Waals surface area (Å²) in [4.78, 5) is 18.7. The largest absolute Gasteiger partial charge is 0.473 e. The summed E-state index contributed by atoms with van der Waals surface area (Å²) >= 11 is 0. The van der Waals surface area contributed by atoms with Crippen LogP contribution in [-0.2, 0) is 27.2 Å². The summed E-state index contributed by atoms with van der Waals surface area (Å²) in [6, 6.07) is 0. The average Bonchev–Trinajstić information content (AvgIpc) is 2.27. The average molecular weight is 384 g/mol. The second-order valence-corrected chi connectivity index (χ2v) is 10.1. The Balaban J connectivity index is 3.92. The Kier molecular flexibility index (Phi) is 10.4. The van der Waals surface area contributed by atoms with E-state index in [1.54, 1.807) is 20.8 Å². The predicted octanol–water partition coefficient (Wildman–Crippen LogP) is 3.41. The topological polar surface area (TPSA) is 112 Å². The van der Waals surface area contributed by atoms with Crippen molar-refractivity contribution in [3.63, 3.8) is 0 Å². The number of hydrogen-bond acceptors (Lipinski definition) is 8. The van der Waals surface area contributed by atoms with Crippen LogP contribution >= 0.6 is 37.2 Å². The minimum Gasteiger partial charge on any atom is -0.302 e. The molecule has 21 heavy (non-hydrogen) atoms. The summed E-state index contributed by atoms with van der Waals surface area (Å²) in [5.41, 5.74) is -0.852. The van der Waals surface area contributed by atoms with Gasteiger partial charge in [-0.05, 0) is 20.8 Å². The van der Waals surface area contributed by atoms with Gasteiger partial charge in [0.05, 0.1) is 18.8 Å². The van der Waals surface area contributed by atoms with Gasteiger partial charge in [-0.2, -0.15) is 0 Å². The summed E-state index contributed by atoms with van der Waals surface area (Å²) in [6.07, 6.45) is 0. The first kappa shape index (κ1) is 21.9. The van der Waals surface area contributed by atoms with Crippen molar-refractivity contribution in [2.24, 2.45) is 0 Å². The maximum absolute atomic E-state index is 11.5. The van der Waals surface area contributed by atoms with E-state index in [4.69, 9.17) is 4.52 Å². The Bertz CT molecular complexity index is 386. The molecule has 0 saturated heterocycles. The summed E-state index contributed by atoms with van der Waals surface area (Å²) in [7, 11) is -5.65. The molecule has 0 saturated carbocycles. The van der Waals surface area contributed by atoms with Crippen molar-refractivity contribution >= 4 is 37.2 Å². The molecule has 0 spiro atoms. The summed E-state index contributed by atoms with van der Waals surface area (Å²) < 4.78 is 41.6. The van der Waals surface area contributed by atoms with Crippen molar-refractivity contribution in [2.45, 2.75) is 33.3 Å². The lowest BCUT2D eigenvalue weighted by Gasteiger charge is -2.22. The van der Waals surface area contributed by atoms with Gasteiger partial charge in [0.2, 0.25) is 0 Å².